The summed E-state index contributed by atoms with van der Waals surface area (Å²) in [6.07, 6.45) is 1.23. The number of hydrogen-bond donors (Lipinski definition) is 1. The zero-order valence-electron chi connectivity index (χ0n) is 19.4. The highest BCUT2D eigenvalue weighted by Gasteiger charge is 2.29. The van der Waals surface area contributed by atoms with Crippen LogP contribution in [0.4, 0.5) is 5.69 Å². The van der Waals surface area contributed by atoms with Crippen molar-refractivity contribution in [2.24, 2.45) is 0 Å². The molecule has 1 N–H and O–H groups in total. The van der Waals surface area contributed by atoms with Crippen molar-refractivity contribution in [3.05, 3.63) is 73.8 Å². The first-order chi connectivity index (χ1) is 16.2. The minimum atomic E-state index is -0.645. The van der Waals surface area contributed by atoms with Gasteiger partial charge >= 0.3 is 0 Å². The fourth-order valence-electron chi connectivity index (χ4n) is 3.25. The van der Waals surface area contributed by atoms with E-state index in [1.54, 1.807) is 35.2 Å². The van der Waals surface area contributed by atoms with E-state index in [1.165, 1.54) is 23.9 Å². The number of non-ortho nitro benzene ring substituents is 1. The number of halogens is 2. The molecule has 2 rings (SSSR count). The van der Waals surface area contributed by atoms with E-state index in [2.05, 4.69) is 5.32 Å². The summed E-state index contributed by atoms with van der Waals surface area (Å²) in [5.74, 6) is 0.268. The summed E-state index contributed by atoms with van der Waals surface area (Å²) in [5, 5.41) is 14.7. The van der Waals surface area contributed by atoms with Crippen LogP contribution in [0.3, 0.4) is 0 Å². The van der Waals surface area contributed by atoms with E-state index in [9.17, 15) is 19.7 Å². The fraction of sp³-hybridized carbons (Fsp3) is 0.417. The van der Waals surface area contributed by atoms with Crippen molar-refractivity contribution >= 4 is 52.5 Å². The summed E-state index contributed by atoms with van der Waals surface area (Å²) in [6, 6.07) is 10.7. The molecule has 10 heteroatoms. The maximum absolute atomic E-state index is 13.3. The van der Waals surface area contributed by atoms with Gasteiger partial charge in [-0.05, 0) is 43.0 Å². The molecule has 0 bridgehead atoms. The molecule has 0 radical (unpaired) electrons. The van der Waals surface area contributed by atoms with Gasteiger partial charge in [0.15, 0.2) is 0 Å². The van der Waals surface area contributed by atoms with Gasteiger partial charge in [0.2, 0.25) is 11.8 Å². The second-order valence-corrected chi connectivity index (χ2v) is 9.74. The number of hydrogen-bond acceptors (Lipinski definition) is 5. The van der Waals surface area contributed by atoms with Crippen LogP contribution in [0.15, 0.2) is 42.5 Å². The number of rotatable bonds is 12. The maximum atomic E-state index is 13.3. The molecule has 0 aliphatic heterocycles. The molecule has 0 saturated carbocycles. The number of benzene rings is 2. The third-order valence-electron chi connectivity index (χ3n) is 5.38. The fourth-order valence-corrected chi connectivity index (χ4v) is 4.59. The molecule has 0 spiro atoms. The Bertz CT molecular complexity index is 1000. The Morgan fingerprint density at radius 1 is 1.12 bits per heavy atom. The van der Waals surface area contributed by atoms with Gasteiger partial charge in [-0.3, -0.25) is 19.7 Å². The molecule has 2 aromatic rings. The molecule has 2 aromatic carbocycles. The predicted octanol–water partition coefficient (Wildman–Crippen LogP) is 5.86. The minimum Gasteiger partial charge on any atom is -0.352 e. The van der Waals surface area contributed by atoms with E-state index in [-0.39, 0.29) is 35.8 Å². The number of amides is 2. The van der Waals surface area contributed by atoms with Crippen molar-refractivity contribution in [1.82, 2.24) is 10.2 Å². The topological polar surface area (TPSA) is 92.6 Å². The van der Waals surface area contributed by atoms with Crippen LogP contribution in [0, 0.1) is 10.1 Å². The molecular weight excluding hydrogens is 497 g/mol. The van der Waals surface area contributed by atoms with Crippen LogP contribution in [0.2, 0.25) is 10.0 Å². The molecule has 0 aliphatic rings. The van der Waals surface area contributed by atoms with Crippen molar-refractivity contribution in [2.75, 3.05) is 5.75 Å². The summed E-state index contributed by atoms with van der Waals surface area (Å²) in [6.45, 7) is 5.96. The molecule has 0 heterocycles. The molecule has 184 valence electrons. The molecule has 0 aliphatic carbocycles. The van der Waals surface area contributed by atoms with Gasteiger partial charge in [0.1, 0.15) is 6.04 Å². The second kappa shape index (κ2) is 13.6. The van der Waals surface area contributed by atoms with Crippen molar-refractivity contribution in [3.63, 3.8) is 0 Å². The van der Waals surface area contributed by atoms with E-state index >= 15 is 0 Å². The molecule has 0 aromatic heterocycles. The first-order valence-corrected chi connectivity index (χ1v) is 12.9. The van der Waals surface area contributed by atoms with Gasteiger partial charge < -0.3 is 10.2 Å². The number of thioether (sulfide) groups is 1. The zero-order valence-corrected chi connectivity index (χ0v) is 21.8. The average Bonchev–Trinajstić information content (AvgIpc) is 2.80. The van der Waals surface area contributed by atoms with E-state index in [1.807, 2.05) is 20.8 Å². The normalized spacial score (nSPS) is 12.6. The van der Waals surface area contributed by atoms with Gasteiger partial charge in [-0.1, -0.05) is 55.2 Å². The summed E-state index contributed by atoms with van der Waals surface area (Å²) in [4.78, 5) is 38.2. The van der Waals surface area contributed by atoms with Gasteiger partial charge in [0.05, 0.1) is 10.7 Å². The quantitative estimate of drug-likeness (QED) is 0.276. The van der Waals surface area contributed by atoms with Crippen LogP contribution in [0.25, 0.3) is 0 Å². The lowest BCUT2D eigenvalue weighted by molar-refractivity contribution is -0.384. The van der Waals surface area contributed by atoms with Crippen molar-refractivity contribution < 1.29 is 14.5 Å². The highest BCUT2D eigenvalue weighted by molar-refractivity contribution is 7.99. The summed E-state index contributed by atoms with van der Waals surface area (Å²) < 4.78 is 0. The van der Waals surface area contributed by atoms with Crippen molar-refractivity contribution in [2.45, 2.75) is 58.0 Å². The third-order valence-corrected chi connectivity index (χ3v) is 6.96. The van der Waals surface area contributed by atoms with E-state index in [4.69, 9.17) is 23.2 Å². The van der Waals surface area contributed by atoms with E-state index in [0.717, 1.165) is 12.0 Å². The summed E-state index contributed by atoms with van der Waals surface area (Å²) in [7, 11) is 0. The number of nitro groups is 1. The Morgan fingerprint density at radius 2 is 1.79 bits per heavy atom. The Hall–Kier alpha value is -2.29. The molecule has 0 fully saturated rings. The maximum Gasteiger partial charge on any atom is 0.269 e. The monoisotopic (exact) mass is 525 g/mol. The number of nitro benzene ring substituents is 1. The number of nitrogens with one attached hydrogen (secondary N) is 1. The van der Waals surface area contributed by atoms with E-state index < -0.39 is 11.0 Å². The summed E-state index contributed by atoms with van der Waals surface area (Å²) in [5.41, 5.74) is 1.60. The lowest BCUT2D eigenvalue weighted by Gasteiger charge is -2.31. The molecule has 7 nitrogen and oxygen atoms in total. The largest absolute Gasteiger partial charge is 0.352 e. The lowest BCUT2D eigenvalue weighted by atomic mass is 10.1. The van der Waals surface area contributed by atoms with Crippen LogP contribution >= 0.6 is 35.0 Å². The Kier molecular flexibility index (Phi) is 11.1. The zero-order chi connectivity index (χ0) is 25.3. The lowest BCUT2D eigenvalue weighted by Crippen LogP contribution is -2.51. The highest BCUT2D eigenvalue weighted by atomic mass is 35.5. The minimum absolute atomic E-state index is 0.00543. The Balaban J connectivity index is 2.16. The molecule has 0 saturated heterocycles. The second-order valence-electron chi connectivity index (χ2n) is 7.92. The van der Waals surface area contributed by atoms with E-state index in [0.29, 0.717) is 27.8 Å². The number of carbonyl (C=O) groups excluding carboxylic acids is 2. The Labute approximate surface area is 214 Å². The molecule has 2 atom stereocenters. The van der Waals surface area contributed by atoms with Crippen LogP contribution < -0.4 is 5.32 Å². The Morgan fingerprint density at radius 3 is 2.35 bits per heavy atom. The van der Waals surface area contributed by atoms with Gasteiger partial charge in [-0.15, -0.1) is 11.8 Å². The van der Waals surface area contributed by atoms with Crippen LogP contribution in [-0.4, -0.2) is 39.5 Å². The standard InChI is InChI=1S/C24H29Cl2N3O4S/c1-4-16(3)27-24(31)22(5-2)28(13-18-8-9-19(25)12-21(18)26)23(30)15-34-14-17-6-10-20(11-7-17)29(32)33/h6-12,16,22H,4-5,13-15H2,1-3H3,(H,27,31)/t16-,22-/m1/s1. The smallest absolute Gasteiger partial charge is 0.269 e. The van der Waals surface area contributed by atoms with Crippen LogP contribution in [-0.2, 0) is 21.9 Å². The number of nitrogens with zero attached hydrogens (tertiary/aromatic N) is 2. The van der Waals surface area contributed by atoms with Gasteiger partial charge in [0, 0.05) is 40.5 Å². The van der Waals surface area contributed by atoms with Crippen molar-refractivity contribution in [1.29, 1.82) is 0 Å². The SMILES string of the molecule is CC[C@@H](C)NC(=O)[C@@H](CC)N(Cc1ccc(Cl)cc1Cl)C(=O)CSCc1ccc([N+](=O)[O-])cc1. The van der Waals surface area contributed by atoms with Gasteiger partial charge in [-0.25, -0.2) is 0 Å². The summed E-state index contributed by atoms with van der Waals surface area (Å²) >= 11 is 13.8. The first kappa shape index (κ1) is 28.0. The molecule has 2 amide bonds. The van der Waals surface area contributed by atoms with Gasteiger partial charge in [-0.2, -0.15) is 0 Å². The average molecular weight is 526 g/mol. The molecular formula is C24H29Cl2N3O4S. The molecule has 0 unspecified atom stereocenters. The van der Waals surface area contributed by atoms with Crippen LogP contribution in [0.5, 0.6) is 0 Å². The molecule has 34 heavy (non-hydrogen) atoms. The van der Waals surface area contributed by atoms with Crippen LogP contribution in [0.1, 0.15) is 44.7 Å². The number of carbonyl (C=O) groups is 2. The van der Waals surface area contributed by atoms with Gasteiger partial charge in [0.25, 0.3) is 5.69 Å². The highest BCUT2D eigenvalue weighted by Crippen LogP contribution is 2.25. The third kappa shape index (κ3) is 8.18. The van der Waals surface area contributed by atoms with Crippen molar-refractivity contribution in [3.8, 4) is 0 Å². The predicted molar refractivity (Wildman–Crippen MR) is 138 cm³/mol. The first-order valence-electron chi connectivity index (χ1n) is 11.0.